The summed E-state index contributed by atoms with van der Waals surface area (Å²) >= 11 is 0. The molecule has 1 aromatic heterocycles. The lowest BCUT2D eigenvalue weighted by Gasteiger charge is -1.97. The molecular formula is C10H9NO4. The Bertz CT molecular complexity index is 503. The number of hydrogen-bond donors (Lipinski definition) is 3. The number of fused-ring (bicyclic) bond motifs is 1. The third-order valence-corrected chi connectivity index (χ3v) is 2.09. The Morgan fingerprint density at radius 3 is 2.87 bits per heavy atom. The molecule has 2 rings (SSSR count). The minimum Gasteiger partial charge on any atom is -0.459 e. The van der Waals surface area contributed by atoms with Crippen LogP contribution in [0.5, 0.6) is 0 Å². The van der Waals surface area contributed by atoms with Crippen LogP contribution in [0.4, 0.5) is 0 Å². The molecule has 0 aliphatic heterocycles. The lowest BCUT2D eigenvalue weighted by atomic mass is 10.1. The number of nitrogens with one attached hydrogen (secondary N) is 1. The van der Waals surface area contributed by atoms with E-state index in [0.717, 1.165) is 0 Å². The minimum atomic E-state index is -0.580. The number of furan rings is 1. The number of benzene rings is 1. The van der Waals surface area contributed by atoms with Gasteiger partial charge in [-0.1, -0.05) is 0 Å². The third kappa shape index (κ3) is 1.70. The van der Waals surface area contributed by atoms with Crippen LogP contribution in [0.2, 0.25) is 0 Å². The summed E-state index contributed by atoms with van der Waals surface area (Å²) in [5, 5.41) is 18.0. The number of carbonyl (C=O) groups excluding carboxylic acids is 1. The van der Waals surface area contributed by atoms with Crippen molar-refractivity contribution in [2.24, 2.45) is 0 Å². The topological polar surface area (TPSA) is 82.7 Å². The van der Waals surface area contributed by atoms with E-state index in [9.17, 15) is 4.79 Å². The zero-order valence-electron chi connectivity index (χ0n) is 7.73. The summed E-state index contributed by atoms with van der Waals surface area (Å²) in [6, 6.07) is 6.35. The Labute approximate surface area is 84.9 Å². The van der Waals surface area contributed by atoms with Crippen LogP contribution in [-0.2, 0) is 6.61 Å². The number of carbonyl (C=O) groups is 1. The molecule has 0 bridgehead atoms. The molecule has 0 unspecified atom stereocenters. The molecule has 0 spiro atoms. The standard InChI is InChI=1S/C10H9NO4/c12-5-8-4-7-3-6(10(13)11-14)1-2-9(7)15-8/h1-4,12,14H,5H2,(H,11,13). The molecule has 5 heteroatoms. The van der Waals surface area contributed by atoms with Crippen LogP contribution >= 0.6 is 0 Å². The predicted octanol–water partition coefficient (Wildman–Crippen LogP) is 1.04. The van der Waals surface area contributed by atoms with E-state index in [1.54, 1.807) is 23.7 Å². The van der Waals surface area contributed by atoms with Crippen molar-refractivity contribution < 1.29 is 19.5 Å². The van der Waals surface area contributed by atoms with E-state index in [2.05, 4.69) is 0 Å². The number of aliphatic hydroxyl groups excluding tert-OH is 1. The molecule has 0 radical (unpaired) electrons. The Morgan fingerprint density at radius 1 is 1.40 bits per heavy atom. The first kappa shape index (κ1) is 9.70. The Hall–Kier alpha value is -1.85. The predicted molar refractivity (Wildman–Crippen MR) is 51.4 cm³/mol. The van der Waals surface area contributed by atoms with Crippen molar-refractivity contribution >= 4 is 16.9 Å². The second kappa shape index (κ2) is 3.72. The van der Waals surface area contributed by atoms with Gasteiger partial charge in [0.2, 0.25) is 0 Å². The minimum absolute atomic E-state index is 0.184. The van der Waals surface area contributed by atoms with Gasteiger partial charge in [0.15, 0.2) is 0 Å². The molecule has 5 nitrogen and oxygen atoms in total. The molecule has 1 heterocycles. The molecule has 0 saturated heterocycles. The van der Waals surface area contributed by atoms with Gasteiger partial charge in [0, 0.05) is 10.9 Å². The molecule has 0 atom stereocenters. The van der Waals surface area contributed by atoms with Crippen molar-refractivity contribution in [1.82, 2.24) is 5.48 Å². The monoisotopic (exact) mass is 207 g/mol. The molecule has 0 aliphatic rings. The van der Waals surface area contributed by atoms with E-state index in [1.807, 2.05) is 0 Å². The van der Waals surface area contributed by atoms with Gasteiger partial charge in [-0.05, 0) is 24.3 Å². The molecule has 1 aromatic carbocycles. The number of aliphatic hydroxyl groups is 1. The van der Waals surface area contributed by atoms with Crippen LogP contribution in [-0.4, -0.2) is 16.2 Å². The highest BCUT2D eigenvalue weighted by Crippen LogP contribution is 2.20. The maximum absolute atomic E-state index is 11.1. The number of amides is 1. The highest BCUT2D eigenvalue weighted by atomic mass is 16.5. The van der Waals surface area contributed by atoms with E-state index in [0.29, 0.717) is 22.3 Å². The lowest BCUT2D eigenvalue weighted by Crippen LogP contribution is -2.18. The maximum Gasteiger partial charge on any atom is 0.274 e. The fraction of sp³-hybridized carbons (Fsp3) is 0.100. The quantitative estimate of drug-likeness (QED) is 0.507. The summed E-state index contributed by atoms with van der Waals surface area (Å²) in [5.74, 6) is -0.143. The first-order valence-corrected chi connectivity index (χ1v) is 4.32. The van der Waals surface area contributed by atoms with Gasteiger partial charge < -0.3 is 9.52 Å². The SMILES string of the molecule is O=C(NO)c1ccc2oc(CO)cc2c1. The summed E-state index contributed by atoms with van der Waals surface area (Å²) in [6.45, 7) is -0.184. The van der Waals surface area contributed by atoms with Gasteiger partial charge >= 0.3 is 0 Å². The fourth-order valence-electron chi connectivity index (χ4n) is 1.38. The highest BCUT2D eigenvalue weighted by molar-refractivity contribution is 5.97. The summed E-state index contributed by atoms with van der Waals surface area (Å²) in [6.07, 6.45) is 0. The van der Waals surface area contributed by atoms with Crippen molar-refractivity contribution in [1.29, 1.82) is 0 Å². The van der Waals surface area contributed by atoms with Crippen molar-refractivity contribution in [3.63, 3.8) is 0 Å². The summed E-state index contributed by atoms with van der Waals surface area (Å²) in [4.78, 5) is 11.1. The van der Waals surface area contributed by atoms with Gasteiger partial charge in [0.25, 0.3) is 5.91 Å². The molecule has 15 heavy (non-hydrogen) atoms. The van der Waals surface area contributed by atoms with E-state index in [-0.39, 0.29) is 6.61 Å². The van der Waals surface area contributed by atoms with Crippen molar-refractivity contribution in [3.05, 3.63) is 35.6 Å². The second-order valence-electron chi connectivity index (χ2n) is 3.06. The van der Waals surface area contributed by atoms with E-state index in [4.69, 9.17) is 14.7 Å². The van der Waals surface area contributed by atoms with Crippen molar-refractivity contribution in [3.8, 4) is 0 Å². The van der Waals surface area contributed by atoms with Crippen LogP contribution < -0.4 is 5.48 Å². The van der Waals surface area contributed by atoms with Crippen LogP contribution in [0.25, 0.3) is 11.0 Å². The maximum atomic E-state index is 11.1. The van der Waals surface area contributed by atoms with Gasteiger partial charge in [0.1, 0.15) is 18.0 Å². The van der Waals surface area contributed by atoms with Crippen molar-refractivity contribution in [2.45, 2.75) is 6.61 Å². The first-order chi connectivity index (χ1) is 7.24. The van der Waals surface area contributed by atoms with Crippen LogP contribution in [0.1, 0.15) is 16.1 Å². The molecule has 0 saturated carbocycles. The molecule has 0 fully saturated rings. The average Bonchev–Trinajstić information content (AvgIpc) is 2.69. The second-order valence-corrected chi connectivity index (χ2v) is 3.06. The van der Waals surface area contributed by atoms with E-state index >= 15 is 0 Å². The Balaban J connectivity index is 2.50. The van der Waals surface area contributed by atoms with Gasteiger partial charge in [-0.25, -0.2) is 5.48 Å². The van der Waals surface area contributed by atoms with E-state index in [1.165, 1.54) is 6.07 Å². The van der Waals surface area contributed by atoms with Crippen LogP contribution in [0.15, 0.2) is 28.7 Å². The number of hydrogen-bond acceptors (Lipinski definition) is 4. The van der Waals surface area contributed by atoms with Crippen molar-refractivity contribution in [2.75, 3.05) is 0 Å². The summed E-state index contributed by atoms with van der Waals surface area (Å²) < 4.78 is 5.24. The van der Waals surface area contributed by atoms with E-state index < -0.39 is 5.91 Å². The smallest absolute Gasteiger partial charge is 0.274 e. The molecule has 3 N–H and O–H groups in total. The molecule has 1 amide bonds. The largest absolute Gasteiger partial charge is 0.459 e. The molecule has 78 valence electrons. The lowest BCUT2D eigenvalue weighted by molar-refractivity contribution is 0.0706. The van der Waals surface area contributed by atoms with Crippen LogP contribution in [0.3, 0.4) is 0 Å². The Morgan fingerprint density at radius 2 is 2.20 bits per heavy atom. The van der Waals surface area contributed by atoms with Gasteiger partial charge in [-0.2, -0.15) is 0 Å². The summed E-state index contributed by atoms with van der Waals surface area (Å²) in [7, 11) is 0. The fourth-order valence-corrected chi connectivity index (χ4v) is 1.38. The zero-order valence-corrected chi connectivity index (χ0v) is 7.73. The number of hydroxylamine groups is 1. The zero-order chi connectivity index (χ0) is 10.8. The van der Waals surface area contributed by atoms with Gasteiger partial charge in [0.05, 0.1) is 0 Å². The summed E-state index contributed by atoms with van der Waals surface area (Å²) in [5.41, 5.74) is 2.47. The average molecular weight is 207 g/mol. The number of rotatable bonds is 2. The Kier molecular flexibility index (Phi) is 2.40. The highest BCUT2D eigenvalue weighted by Gasteiger charge is 2.07. The molecule has 2 aromatic rings. The third-order valence-electron chi connectivity index (χ3n) is 2.09. The van der Waals surface area contributed by atoms with Gasteiger partial charge in [-0.15, -0.1) is 0 Å². The van der Waals surface area contributed by atoms with Crippen LogP contribution in [0, 0.1) is 0 Å². The normalized spacial score (nSPS) is 10.5. The molecular weight excluding hydrogens is 198 g/mol. The first-order valence-electron chi connectivity index (χ1n) is 4.32. The molecule has 0 aliphatic carbocycles. The van der Waals surface area contributed by atoms with Gasteiger partial charge in [-0.3, -0.25) is 10.0 Å².